The van der Waals surface area contributed by atoms with E-state index in [1.807, 2.05) is 0 Å². The molecule has 0 aromatic rings. The molecule has 0 saturated carbocycles. The zero-order valence-corrected chi connectivity index (χ0v) is 10.9. The summed E-state index contributed by atoms with van der Waals surface area (Å²) < 4.78 is 58.2. The lowest BCUT2D eigenvalue weighted by Gasteiger charge is -2.04. The van der Waals surface area contributed by atoms with E-state index in [4.69, 9.17) is 9.11 Å². The highest BCUT2D eigenvalue weighted by atomic mass is 32.2. The standard InChI is InChI=1S/C6H17BN2O6S2/c10-16(11,12)5-1-3-8-7-9-4-2-6-17(13,14)15/h7-9H,1-6H2,(H,10,11,12)(H,13,14,15). The van der Waals surface area contributed by atoms with Crippen molar-refractivity contribution in [2.45, 2.75) is 12.8 Å². The summed E-state index contributed by atoms with van der Waals surface area (Å²) in [5.41, 5.74) is 0. The van der Waals surface area contributed by atoms with E-state index in [0.717, 1.165) is 0 Å². The molecule has 0 unspecified atom stereocenters. The lowest BCUT2D eigenvalue weighted by atomic mass is 10.1. The van der Waals surface area contributed by atoms with Crippen LogP contribution in [0.25, 0.3) is 0 Å². The molecule has 0 radical (unpaired) electrons. The fourth-order valence-corrected chi connectivity index (χ4v) is 2.04. The van der Waals surface area contributed by atoms with E-state index in [-0.39, 0.29) is 11.5 Å². The fourth-order valence-electron chi connectivity index (χ4n) is 1.02. The predicted molar refractivity (Wildman–Crippen MR) is 65.2 cm³/mol. The maximum Gasteiger partial charge on any atom is 0.286 e. The van der Waals surface area contributed by atoms with Crippen molar-refractivity contribution < 1.29 is 25.9 Å². The van der Waals surface area contributed by atoms with Crippen LogP contribution in [0.5, 0.6) is 0 Å². The van der Waals surface area contributed by atoms with Gasteiger partial charge in [0.1, 0.15) is 0 Å². The molecule has 0 amide bonds. The Bertz CT molecular complexity index is 357. The quantitative estimate of drug-likeness (QED) is 0.206. The molecule has 8 nitrogen and oxygen atoms in total. The minimum absolute atomic E-state index is 0.289. The molecule has 0 fully saturated rings. The number of hydrogen-bond donors (Lipinski definition) is 4. The molecule has 0 aliphatic carbocycles. The van der Waals surface area contributed by atoms with Gasteiger partial charge in [-0.1, -0.05) is 0 Å². The van der Waals surface area contributed by atoms with Gasteiger partial charge in [0.25, 0.3) is 27.8 Å². The maximum atomic E-state index is 10.3. The average Bonchev–Trinajstić information content (AvgIpc) is 2.11. The van der Waals surface area contributed by atoms with Gasteiger partial charge >= 0.3 is 0 Å². The Morgan fingerprint density at radius 2 is 1.18 bits per heavy atom. The molecule has 0 atom stereocenters. The molecule has 102 valence electrons. The Morgan fingerprint density at radius 1 is 0.824 bits per heavy atom. The second-order valence-electron chi connectivity index (χ2n) is 3.46. The van der Waals surface area contributed by atoms with E-state index >= 15 is 0 Å². The van der Waals surface area contributed by atoms with Crippen LogP contribution in [0.2, 0.25) is 0 Å². The summed E-state index contributed by atoms with van der Waals surface area (Å²) in [6, 6.07) is 0. The third-order valence-electron chi connectivity index (χ3n) is 1.76. The maximum absolute atomic E-state index is 10.3. The Labute approximate surface area is 102 Å². The normalized spacial score (nSPS) is 12.6. The van der Waals surface area contributed by atoms with E-state index in [0.29, 0.717) is 33.5 Å². The van der Waals surface area contributed by atoms with Crippen LogP contribution in [-0.2, 0) is 20.2 Å². The highest BCUT2D eigenvalue weighted by molar-refractivity contribution is 7.86. The van der Waals surface area contributed by atoms with Gasteiger partial charge in [-0.2, -0.15) is 16.8 Å². The second kappa shape index (κ2) is 8.00. The molecular formula is C6H17BN2O6S2. The Kier molecular flexibility index (Phi) is 7.91. The monoisotopic (exact) mass is 288 g/mol. The lowest BCUT2D eigenvalue weighted by Crippen LogP contribution is -2.35. The first-order chi connectivity index (χ1) is 7.71. The first kappa shape index (κ1) is 16.8. The number of rotatable bonds is 10. The summed E-state index contributed by atoms with van der Waals surface area (Å²) >= 11 is 0. The molecule has 0 spiro atoms. The molecule has 0 aromatic carbocycles. The smallest absolute Gasteiger partial charge is 0.286 e. The molecular weight excluding hydrogens is 271 g/mol. The van der Waals surface area contributed by atoms with Crippen molar-refractivity contribution >= 4 is 27.8 Å². The lowest BCUT2D eigenvalue weighted by molar-refractivity contribution is 0.479. The van der Waals surface area contributed by atoms with Crippen LogP contribution in [0.15, 0.2) is 0 Å². The van der Waals surface area contributed by atoms with E-state index in [1.165, 1.54) is 0 Å². The molecule has 0 bridgehead atoms. The van der Waals surface area contributed by atoms with Crippen molar-refractivity contribution in [3.8, 4) is 0 Å². The van der Waals surface area contributed by atoms with Crippen LogP contribution in [0, 0.1) is 0 Å². The Hall–Kier alpha value is -0.195. The SMILES string of the molecule is O=S(=O)(O)CCCNBNCCCS(=O)(=O)O. The van der Waals surface area contributed by atoms with Crippen molar-refractivity contribution in [2.75, 3.05) is 24.6 Å². The van der Waals surface area contributed by atoms with Gasteiger partial charge < -0.3 is 10.5 Å². The zero-order chi connectivity index (χ0) is 13.4. The average molecular weight is 288 g/mol. The molecule has 0 saturated heterocycles. The molecule has 0 rings (SSSR count). The Balaban J connectivity index is 3.25. The summed E-state index contributed by atoms with van der Waals surface area (Å²) in [6.07, 6.45) is 0.594. The van der Waals surface area contributed by atoms with Gasteiger partial charge in [-0.15, -0.1) is 0 Å². The van der Waals surface area contributed by atoms with Crippen LogP contribution in [0.4, 0.5) is 0 Å². The molecule has 0 heterocycles. The summed E-state index contributed by atoms with van der Waals surface area (Å²) in [5, 5.41) is 5.71. The fraction of sp³-hybridized carbons (Fsp3) is 1.00. The van der Waals surface area contributed by atoms with E-state index < -0.39 is 20.2 Å². The van der Waals surface area contributed by atoms with Crippen LogP contribution in [0.3, 0.4) is 0 Å². The van der Waals surface area contributed by atoms with Gasteiger partial charge in [0, 0.05) is 0 Å². The molecule has 11 heteroatoms. The largest absolute Gasteiger partial charge is 0.345 e. The van der Waals surface area contributed by atoms with Crippen molar-refractivity contribution in [1.82, 2.24) is 10.5 Å². The topological polar surface area (TPSA) is 133 Å². The molecule has 0 aromatic heterocycles. The molecule has 0 aliphatic rings. The van der Waals surface area contributed by atoms with E-state index in [9.17, 15) is 16.8 Å². The van der Waals surface area contributed by atoms with Gasteiger partial charge in [0.2, 0.25) is 0 Å². The van der Waals surface area contributed by atoms with Crippen molar-refractivity contribution in [1.29, 1.82) is 0 Å². The first-order valence-corrected chi connectivity index (χ1v) is 8.24. The first-order valence-electron chi connectivity index (χ1n) is 5.02. The highest BCUT2D eigenvalue weighted by Crippen LogP contribution is 1.86. The van der Waals surface area contributed by atoms with Crippen LogP contribution < -0.4 is 10.5 Å². The van der Waals surface area contributed by atoms with Gasteiger partial charge in [-0.3, -0.25) is 9.11 Å². The number of hydrogen-bond acceptors (Lipinski definition) is 6. The van der Waals surface area contributed by atoms with Crippen molar-refractivity contribution in [2.24, 2.45) is 0 Å². The minimum Gasteiger partial charge on any atom is -0.345 e. The summed E-state index contributed by atoms with van der Waals surface area (Å²) in [7, 11) is -7.39. The van der Waals surface area contributed by atoms with Crippen LogP contribution >= 0.6 is 0 Å². The summed E-state index contributed by atoms with van der Waals surface area (Å²) in [4.78, 5) is 0. The minimum atomic E-state index is -3.90. The predicted octanol–water partition coefficient (Wildman–Crippen LogP) is -2.01. The third kappa shape index (κ3) is 15.8. The summed E-state index contributed by atoms with van der Waals surface area (Å²) in [5.74, 6) is -0.578. The van der Waals surface area contributed by atoms with Crippen molar-refractivity contribution in [3.63, 3.8) is 0 Å². The van der Waals surface area contributed by atoms with E-state index in [1.54, 1.807) is 0 Å². The van der Waals surface area contributed by atoms with Gasteiger partial charge in [0.15, 0.2) is 0 Å². The Morgan fingerprint density at radius 3 is 1.47 bits per heavy atom. The van der Waals surface area contributed by atoms with Gasteiger partial charge in [0.05, 0.1) is 11.5 Å². The van der Waals surface area contributed by atoms with Gasteiger partial charge in [-0.25, -0.2) is 0 Å². The van der Waals surface area contributed by atoms with E-state index in [2.05, 4.69) is 10.5 Å². The van der Waals surface area contributed by atoms with Gasteiger partial charge in [-0.05, 0) is 25.9 Å². The second-order valence-corrected chi connectivity index (χ2v) is 6.60. The van der Waals surface area contributed by atoms with Crippen LogP contribution in [0.1, 0.15) is 12.8 Å². The molecule has 0 aliphatic heterocycles. The molecule has 17 heavy (non-hydrogen) atoms. The third-order valence-corrected chi connectivity index (χ3v) is 3.37. The zero-order valence-electron chi connectivity index (χ0n) is 9.29. The summed E-state index contributed by atoms with van der Waals surface area (Å²) in [6.45, 7) is 0.843. The van der Waals surface area contributed by atoms with Crippen LogP contribution in [-0.4, -0.2) is 58.1 Å². The molecule has 4 N–H and O–H groups in total. The number of nitrogens with one attached hydrogen (secondary N) is 2. The highest BCUT2D eigenvalue weighted by Gasteiger charge is 2.04. The van der Waals surface area contributed by atoms with Crippen molar-refractivity contribution in [3.05, 3.63) is 0 Å².